The second-order valence-corrected chi connectivity index (χ2v) is 16.1. The van der Waals surface area contributed by atoms with E-state index < -0.39 is 15.8 Å². The second kappa shape index (κ2) is 12.6. The molecule has 0 heterocycles. The van der Waals surface area contributed by atoms with Crippen LogP contribution in [0.5, 0.6) is 0 Å². The second-order valence-electron chi connectivity index (χ2n) is 10.9. The van der Waals surface area contributed by atoms with Gasteiger partial charge in [0.2, 0.25) is 0 Å². The number of benzene rings is 6. The SMILES string of the molecule is CC(c1ccccc1)(P(c1ccccc1)c1ccccc1)C(C)(c1ccccc1)P(c1ccccc1)c1ccccc1. The van der Waals surface area contributed by atoms with Crippen LogP contribution in [0, 0.1) is 0 Å². The first-order chi connectivity index (χ1) is 20.6. The first-order valence-electron chi connectivity index (χ1n) is 14.6. The fourth-order valence-electron chi connectivity index (χ4n) is 6.42. The quantitative estimate of drug-likeness (QED) is 0.150. The Morgan fingerprint density at radius 3 is 0.690 bits per heavy atom. The van der Waals surface area contributed by atoms with Crippen LogP contribution in [0.3, 0.4) is 0 Å². The van der Waals surface area contributed by atoms with E-state index in [4.69, 9.17) is 0 Å². The van der Waals surface area contributed by atoms with Gasteiger partial charge in [-0.05, 0) is 62.0 Å². The zero-order chi connectivity index (χ0) is 28.8. The molecule has 0 aliphatic carbocycles. The normalized spacial score (nSPS) is 14.3. The molecule has 0 nitrogen and oxygen atoms in total. The van der Waals surface area contributed by atoms with Crippen molar-refractivity contribution >= 4 is 37.1 Å². The van der Waals surface area contributed by atoms with Crippen LogP contribution in [0.2, 0.25) is 0 Å². The molecule has 0 aliphatic rings. The molecule has 6 rings (SSSR count). The van der Waals surface area contributed by atoms with E-state index >= 15 is 0 Å². The van der Waals surface area contributed by atoms with E-state index in [1.807, 2.05) is 0 Å². The lowest BCUT2D eigenvalue weighted by atomic mass is 9.82. The van der Waals surface area contributed by atoms with Gasteiger partial charge in [0, 0.05) is 10.3 Å². The zero-order valence-corrected chi connectivity index (χ0v) is 26.0. The van der Waals surface area contributed by atoms with Crippen LogP contribution in [-0.4, -0.2) is 0 Å². The minimum Gasteiger partial charge on any atom is -0.0622 e. The largest absolute Gasteiger partial charge is 0.0622 e. The molecule has 6 aromatic rings. The molecular weight excluding hydrogens is 542 g/mol. The Labute approximate surface area is 253 Å². The first kappa shape index (κ1) is 28.3. The third-order valence-corrected chi connectivity index (χ3v) is 15.2. The van der Waals surface area contributed by atoms with Gasteiger partial charge in [-0.1, -0.05) is 182 Å². The molecule has 6 aromatic carbocycles. The summed E-state index contributed by atoms with van der Waals surface area (Å²) < 4.78 is 0. The Hall–Kier alpha value is -3.82. The highest BCUT2D eigenvalue weighted by Gasteiger charge is 2.57. The fraction of sp³-hybridized carbons (Fsp3) is 0.100. The monoisotopic (exact) mass is 578 g/mol. The van der Waals surface area contributed by atoms with E-state index in [1.165, 1.54) is 32.3 Å². The first-order valence-corrected chi connectivity index (χ1v) is 17.2. The summed E-state index contributed by atoms with van der Waals surface area (Å²) in [5.41, 5.74) is 2.74. The molecule has 0 fully saturated rings. The lowest BCUT2D eigenvalue weighted by Crippen LogP contribution is -2.49. The molecule has 0 amide bonds. The lowest BCUT2D eigenvalue weighted by Gasteiger charge is -2.56. The van der Waals surface area contributed by atoms with Gasteiger partial charge in [0.05, 0.1) is 0 Å². The molecule has 0 aromatic heterocycles. The molecule has 0 bridgehead atoms. The molecule has 2 heteroatoms. The molecule has 0 saturated carbocycles. The van der Waals surface area contributed by atoms with Crippen LogP contribution in [0.1, 0.15) is 25.0 Å². The minimum absolute atomic E-state index is 0.301. The molecule has 0 radical (unpaired) electrons. The highest BCUT2D eigenvalue weighted by atomic mass is 31.1. The maximum atomic E-state index is 2.56. The zero-order valence-electron chi connectivity index (χ0n) is 24.2. The van der Waals surface area contributed by atoms with Gasteiger partial charge >= 0.3 is 0 Å². The van der Waals surface area contributed by atoms with E-state index in [0.29, 0.717) is 0 Å². The van der Waals surface area contributed by atoms with Crippen molar-refractivity contribution in [2.24, 2.45) is 0 Å². The smallest absolute Gasteiger partial charge is 0.0346 e. The van der Waals surface area contributed by atoms with Crippen molar-refractivity contribution in [3.05, 3.63) is 193 Å². The maximum absolute atomic E-state index is 2.56. The Bertz CT molecular complexity index is 1460. The van der Waals surface area contributed by atoms with Gasteiger partial charge in [-0.15, -0.1) is 0 Å². The Balaban J connectivity index is 1.77. The molecular formula is C40H36P2. The van der Waals surface area contributed by atoms with E-state index in [9.17, 15) is 0 Å². The van der Waals surface area contributed by atoms with E-state index in [-0.39, 0.29) is 10.3 Å². The van der Waals surface area contributed by atoms with Gasteiger partial charge in [-0.2, -0.15) is 0 Å². The van der Waals surface area contributed by atoms with Crippen molar-refractivity contribution in [2.75, 3.05) is 0 Å². The van der Waals surface area contributed by atoms with Crippen LogP contribution in [0.4, 0.5) is 0 Å². The minimum atomic E-state index is -0.881. The molecule has 0 N–H and O–H groups in total. The molecule has 206 valence electrons. The highest BCUT2D eigenvalue weighted by molar-refractivity contribution is 7.78. The average molecular weight is 579 g/mol. The van der Waals surface area contributed by atoms with Crippen molar-refractivity contribution < 1.29 is 0 Å². The Morgan fingerprint density at radius 1 is 0.286 bits per heavy atom. The van der Waals surface area contributed by atoms with Gasteiger partial charge in [-0.25, -0.2) is 0 Å². The Kier molecular flexibility index (Phi) is 8.48. The summed E-state index contributed by atoms with van der Waals surface area (Å²) in [5, 5.41) is 4.97. The summed E-state index contributed by atoms with van der Waals surface area (Å²) in [6.45, 7) is 5.12. The fourth-order valence-corrected chi connectivity index (χ4v) is 13.5. The summed E-state index contributed by atoms with van der Waals surface area (Å²) in [6.07, 6.45) is 0. The van der Waals surface area contributed by atoms with E-state index in [0.717, 1.165) is 0 Å². The summed E-state index contributed by atoms with van der Waals surface area (Å²) >= 11 is 0. The van der Waals surface area contributed by atoms with Crippen molar-refractivity contribution in [2.45, 2.75) is 24.2 Å². The molecule has 0 saturated heterocycles. The van der Waals surface area contributed by atoms with Gasteiger partial charge < -0.3 is 0 Å². The molecule has 0 aliphatic heterocycles. The van der Waals surface area contributed by atoms with Crippen molar-refractivity contribution in [1.82, 2.24) is 0 Å². The van der Waals surface area contributed by atoms with E-state index in [2.05, 4.69) is 196 Å². The van der Waals surface area contributed by atoms with Crippen LogP contribution < -0.4 is 21.2 Å². The Morgan fingerprint density at radius 2 is 0.476 bits per heavy atom. The van der Waals surface area contributed by atoms with Crippen LogP contribution >= 0.6 is 15.8 Å². The molecule has 2 unspecified atom stereocenters. The van der Waals surface area contributed by atoms with Gasteiger partial charge in [0.15, 0.2) is 0 Å². The number of rotatable bonds is 9. The topological polar surface area (TPSA) is 0 Å². The number of hydrogen-bond donors (Lipinski definition) is 0. The van der Waals surface area contributed by atoms with Crippen LogP contribution in [0.25, 0.3) is 0 Å². The standard InChI is InChI=1S/C40H36P2/c1-39(33-21-9-3-10-22-33,41(35-25-13-5-14-26-35)36-27-15-6-16-28-36)40(2,34-23-11-4-12-24-34)42(37-29-17-7-18-30-37)38-31-19-8-20-32-38/h3-32H,1-2H3. The summed E-state index contributed by atoms with van der Waals surface area (Å²) in [4.78, 5) is 0. The maximum Gasteiger partial charge on any atom is 0.0346 e. The van der Waals surface area contributed by atoms with Crippen molar-refractivity contribution in [3.63, 3.8) is 0 Å². The molecule has 2 atom stereocenters. The van der Waals surface area contributed by atoms with Crippen molar-refractivity contribution in [3.8, 4) is 0 Å². The van der Waals surface area contributed by atoms with Crippen LogP contribution in [-0.2, 0) is 10.3 Å². The molecule has 0 spiro atoms. The predicted octanol–water partition coefficient (Wildman–Crippen LogP) is 9.08. The van der Waals surface area contributed by atoms with Crippen molar-refractivity contribution in [1.29, 1.82) is 0 Å². The van der Waals surface area contributed by atoms with Gasteiger partial charge in [0.25, 0.3) is 0 Å². The predicted molar refractivity (Wildman–Crippen MR) is 186 cm³/mol. The molecule has 42 heavy (non-hydrogen) atoms. The van der Waals surface area contributed by atoms with Crippen LogP contribution in [0.15, 0.2) is 182 Å². The lowest BCUT2D eigenvalue weighted by molar-refractivity contribution is 0.502. The van der Waals surface area contributed by atoms with Gasteiger partial charge in [0.1, 0.15) is 0 Å². The summed E-state index contributed by atoms with van der Waals surface area (Å²) in [7, 11) is -1.76. The third kappa shape index (κ3) is 5.16. The van der Waals surface area contributed by atoms with E-state index in [1.54, 1.807) is 0 Å². The van der Waals surface area contributed by atoms with Gasteiger partial charge in [-0.3, -0.25) is 0 Å². The third-order valence-electron chi connectivity index (χ3n) is 8.57. The number of hydrogen-bond acceptors (Lipinski definition) is 0. The summed E-state index contributed by atoms with van der Waals surface area (Å²) in [5.74, 6) is 0. The summed E-state index contributed by atoms with van der Waals surface area (Å²) in [6, 6.07) is 67.6. The highest BCUT2D eigenvalue weighted by Crippen LogP contribution is 2.73. The average Bonchev–Trinajstić information content (AvgIpc) is 3.07.